The van der Waals surface area contributed by atoms with Gasteiger partial charge in [0.15, 0.2) is 5.96 Å². The number of rotatable bonds is 6. The molecule has 2 heterocycles. The maximum absolute atomic E-state index is 11.9. The third kappa shape index (κ3) is 7.73. The van der Waals surface area contributed by atoms with Crippen LogP contribution in [-0.4, -0.2) is 99.7 Å². The number of aliphatic imine (C=N–C) groups is 1. The van der Waals surface area contributed by atoms with E-state index >= 15 is 0 Å². The Balaban J connectivity index is 0.00000364. The minimum absolute atomic E-state index is 0. The Kier molecular flexibility index (Phi) is 11.6. The lowest BCUT2D eigenvalue weighted by atomic mass is 9.99. The van der Waals surface area contributed by atoms with Crippen LogP contribution in [0.4, 0.5) is 0 Å². The van der Waals surface area contributed by atoms with Crippen molar-refractivity contribution in [3.05, 3.63) is 0 Å². The number of likely N-dealkylation sites (N-methyl/N-ethyl adjacent to an activating group) is 1. The second-order valence-electron chi connectivity index (χ2n) is 7.60. The monoisotopic (exact) mass is 495 g/mol. The first-order valence-corrected chi connectivity index (χ1v) is 10.1. The number of carbonyl (C=O) groups is 1. The quantitative estimate of drug-likeness (QED) is 0.197. The Morgan fingerprint density at radius 2 is 2.00 bits per heavy atom. The second-order valence-corrected chi connectivity index (χ2v) is 7.60. The third-order valence-corrected chi connectivity index (χ3v) is 5.46. The van der Waals surface area contributed by atoms with Crippen molar-refractivity contribution in [3.63, 3.8) is 0 Å². The fraction of sp³-hybridized carbons (Fsp3) is 0.895. The van der Waals surface area contributed by atoms with E-state index in [-0.39, 0.29) is 35.9 Å². The van der Waals surface area contributed by atoms with Gasteiger partial charge in [0, 0.05) is 39.3 Å². The summed E-state index contributed by atoms with van der Waals surface area (Å²) in [5.74, 6) is 1.06. The molecule has 0 aliphatic carbocycles. The molecule has 2 unspecified atom stereocenters. The molecular formula is C19H38IN5O2. The summed E-state index contributed by atoms with van der Waals surface area (Å²) < 4.78 is 4.94. The SMILES string of the molecule is CCNC(=NCCCN1CCCN(C)CC1)N1CC(C)C(C(=O)OC)C1.I. The summed E-state index contributed by atoms with van der Waals surface area (Å²) in [5, 5.41) is 3.38. The predicted octanol–water partition coefficient (Wildman–Crippen LogP) is 1.34. The van der Waals surface area contributed by atoms with E-state index in [1.54, 1.807) is 0 Å². The standard InChI is InChI=1S/C19H37N5O2.HI/c1-5-20-19(24-14-16(2)17(15-24)18(25)26-4)21-8-6-10-23-11-7-9-22(3)12-13-23;/h16-17H,5-15H2,1-4H3,(H,20,21);1H. The summed E-state index contributed by atoms with van der Waals surface area (Å²) in [4.78, 5) is 23.9. The molecule has 0 saturated carbocycles. The molecule has 2 saturated heterocycles. The second kappa shape index (κ2) is 12.8. The summed E-state index contributed by atoms with van der Waals surface area (Å²) in [6.07, 6.45) is 2.32. The summed E-state index contributed by atoms with van der Waals surface area (Å²) >= 11 is 0. The van der Waals surface area contributed by atoms with E-state index in [0.717, 1.165) is 51.6 Å². The first-order valence-electron chi connectivity index (χ1n) is 10.1. The van der Waals surface area contributed by atoms with Crippen LogP contribution in [0.5, 0.6) is 0 Å². The number of halogens is 1. The zero-order chi connectivity index (χ0) is 18.9. The Hall–Kier alpha value is -0.610. The normalized spacial score (nSPS) is 25.0. The molecule has 0 radical (unpaired) electrons. The Morgan fingerprint density at radius 3 is 2.70 bits per heavy atom. The van der Waals surface area contributed by atoms with Crippen LogP contribution in [0.25, 0.3) is 0 Å². The number of likely N-dealkylation sites (tertiary alicyclic amines) is 1. The van der Waals surface area contributed by atoms with Gasteiger partial charge in [0.1, 0.15) is 0 Å². The molecule has 2 rings (SSSR count). The van der Waals surface area contributed by atoms with E-state index in [4.69, 9.17) is 9.73 Å². The number of ether oxygens (including phenoxy) is 1. The number of methoxy groups -OCH3 is 1. The number of esters is 1. The van der Waals surface area contributed by atoms with Gasteiger partial charge in [0.05, 0.1) is 13.0 Å². The van der Waals surface area contributed by atoms with Crippen LogP contribution in [0.2, 0.25) is 0 Å². The molecule has 2 fully saturated rings. The molecule has 2 aliphatic rings. The highest BCUT2D eigenvalue weighted by molar-refractivity contribution is 14.0. The highest BCUT2D eigenvalue weighted by Crippen LogP contribution is 2.24. The molecule has 0 bridgehead atoms. The first kappa shape index (κ1) is 24.4. The number of carbonyl (C=O) groups excluding carboxylic acids is 1. The van der Waals surface area contributed by atoms with Crippen molar-refractivity contribution in [2.45, 2.75) is 26.7 Å². The van der Waals surface area contributed by atoms with Crippen LogP contribution in [-0.2, 0) is 9.53 Å². The number of nitrogens with zero attached hydrogens (tertiary/aromatic N) is 4. The lowest BCUT2D eigenvalue weighted by Crippen LogP contribution is -2.40. The summed E-state index contributed by atoms with van der Waals surface area (Å²) in [6.45, 7) is 13.2. The van der Waals surface area contributed by atoms with Crippen molar-refractivity contribution in [1.82, 2.24) is 20.0 Å². The minimum atomic E-state index is -0.109. The van der Waals surface area contributed by atoms with Crippen molar-refractivity contribution in [3.8, 4) is 0 Å². The van der Waals surface area contributed by atoms with E-state index in [1.807, 2.05) is 0 Å². The summed E-state index contributed by atoms with van der Waals surface area (Å²) in [7, 11) is 3.67. The minimum Gasteiger partial charge on any atom is -0.469 e. The summed E-state index contributed by atoms with van der Waals surface area (Å²) in [6, 6.07) is 0. The van der Waals surface area contributed by atoms with E-state index in [2.05, 4.69) is 40.9 Å². The molecule has 0 amide bonds. The van der Waals surface area contributed by atoms with Crippen molar-refractivity contribution in [2.75, 3.05) is 73.1 Å². The fourth-order valence-corrected chi connectivity index (χ4v) is 3.83. The van der Waals surface area contributed by atoms with Gasteiger partial charge in [-0.15, -0.1) is 24.0 Å². The molecule has 0 aromatic carbocycles. The van der Waals surface area contributed by atoms with Crippen LogP contribution in [0, 0.1) is 11.8 Å². The Bertz CT molecular complexity index is 477. The van der Waals surface area contributed by atoms with E-state index in [0.29, 0.717) is 12.5 Å². The number of hydrogen-bond donors (Lipinski definition) is 1. The number of hydrogen-bond acceptors (Lipinski definition) is 5. The van der Waals surface area contributed by atoms with E-state index < -0.39 is 0 Å². The average Bonchev–Trinajstić information content (AvgIpc) is 2.89. The maximum Gasteiger partial charge on any atom is 0.310 e. The van der Waals surface area contributed by atoms with Crippen molar-refractivity contribution in [1.29, 1.82) is 0 Å². The van der Waals surface area contributed by atoms with Crippen LogP contribution in [0.15, 0.2) is 4.99 Å². The molecular weight excluding hydrogens is 457 g/mol. The van der Waals surface area contributed by atoms with Crippen LogP contribution in [0.1, 0.15) is 26.7 Å². The van der Waals surface area contributed by atoms with Crippen molar-refractivity contribution in [2.24, 2.45) is 16.8 Å². The first-order chi connectivity index (χ1) is 12.5. The largest absolute Gasteiger partial charge is 0.469 e. The molecule has 8 heteroatoms. The molecule has 0 aromatic heterocycles. The maximum atomic E-state index is 11.9. The molecule has 7 nitrogen and oxygen atoms in total. The van der Waals surface area contributed by atoms with Gasteiger partial charge < -0.3 is 24.8 Å². The smallest absolute Gasteiger partial charge is 0.310 e. The Labute approximate surface area is 181 Å². The van der Waals surface area contributed by atoms with Crippen LogP contribution >= 0.6 is 24.0 Å². The molecule has 2 aliphatic heterocycles. The predicted molar refractivity (Wildman–Crippen MR) is 121 cm³/mol. The molecule has 2 atom stereocenters. The molecule has 0 aromatic rings. The molecule has 27 heavy (non-hydrogen) atoms. The topological polar surface area (TPSA) is 60.4 Å². The molecule has 0 spiro atoms. The molecule has 1 N–H and O–H groups in total. The number of guanidine groups is 1. The van der Waals surface area contributed by atoms with Gasteiger partial charge in [-0.25, -0.2) is 0 Å². The lowest BCUT2D eigenvalue weighted by Gasteiger charge is -2.22. The fourth-order valence-electron chi connectivity index (χ4n) is 3.83. The van der Waals surface area contributed by atoms with E-state index in [9.17, 15) is 4.79 Å². The van der Waals surface area contributed by atoms with Gasteiger partial charge in [-0.1, -0.05) is 6.92 Å². The van der Waals surface area contributed by atoms with Crippen LogP contribution in [0.3, 0.4) is 0 Å². The zero-order valence-electron chi connectivity index (χ0n) is 17.4. The van der Waals surface area contributed by atoms with Crippen LogP contribution < -0.4 is 5.32 Å². The van der Waals surface area contributed by atoms with E-state index in [1.165, 1.54) is 26.6 Å². The molecule has 158 valence electrons. The van der Waals surface area contributed by atoms with Crippen molar-refractivity contribution >= 4 is 35.9 Å². The van der Waals surface area contributed by atoms with Gasteiger partial charge in [0.2, 0.25) is 0 Å². The lowest BCUT2D eigenvalue weighted by molar-refractivity contribution is -0.145. The van der Waals surface area contributed by atoms with Gasteiger partial charge in [-0.3, -0.25) is 9.79 Å². The number of nitrogens with one attached hydrogen (secondary N) is 1. The Morgan fingerprint density at radius 1 is 1.22 bits per heavy atom. The van der Waals surface area contributed by atoms with Gasteiger partial charge >= 0.3 is 5.97 Å². The highest BCUT2D eigenvalue weighted by atomic mass is 127. The average molecular weight is 495 g/mol. The van der Waals surface area contributed by atoms with Crippen molar-refractivity contribution < 1.29 is 9.53 Å². The van der Waals surface area contributed by atoms with Gasteiger partial charge in [-0.2, -0.15) is 0 Å². The highest BCUT2D eigenvalue weighted by Gasteiger charge is 2.36. The third-order valence-electron chi connectivity index (χ3n) is 5.46. The van der Waals surface area contributed by atoms with Gasteiger partial charge in [0.25, 0.3) is 0 Å². The van der Waals surface area contributed by atoms with Gasteiger partial charge in [-0.05, 0) is 52.4 Å². The zero-order valence-corrected chi connectivity index (χ0v) is 19.8. The summed E-state index contributed by atoms with van der Waals surface area (Å²) in [5.41, 5.74) is 0.